The van der Waals surface area contributed by atoms with E-state index in [4.69, 9.17) is 9.47 Å². The monoisotopic (exact) mass is 424 g/mol. The van der Waals surface area contributed by atoms with Crippen LogP contribution in [0.2, 0.25) is 0 Å². The van der Waals surface area contributed by atoms with Crippen molar-refractivity contribution in [1.29, 1.82) is 0 Å². The third-order valence-electron chi connectivity index (χ3n) is 5.06. The van der Waals surface area contributed by atoms with Crippen LogP contribution < -0.4 is 5.32 Å². The summed E-state index contributed by atoms with van der Waals surface area (Å²) in [5, 5.41) is 2.68. The first-order valence-electron chi connectivity index (χ1n) is 10.3. The topological polar surface area (TPSA) is 84.9 Å². The molecule has 1 fully saturated rings. The molecule has 7 nitrogen and oxygen atoms in total. The Morgan fingerprint density at radius 3 is 2.23 bits per heavy atom. The third kappa shape index (κ3) is 5.42. The highest BCUT2D eigenvalue weighted by atomic mass is 16.6. The number of amides is 3. The molecule has 164 valence electrons. The van der Waals surface area contributed by atoms with Crippen molar-refractivity contribution < 1.29 is 23.9 Å². The number of carbonyl (C=O) groups excluding carboxylic acids is 3. The van der Waals surface area contributed by atoms with Gasteiger partial charge in [-0.05, 0) is 31.9 Å². The van der Waals surface area contributed by atoms with Gasteiger partial charge in [-0.1, -0.05) is 67.6 Å². The molecule has 1 N–H and O–H groups in total. The van der Waals surface area contributed by atoms with Gasteiger partial charge in [-0.2, -0.15) is 0 Å². The van der Waals surface area contributed by atoms with E-state index in [9.17, 15) is 14.4 Å². The van der Waals surface area contributed by atoms with Gasteiger partial charge in [0.05, 0.1) is 0 Å². The van der Waals surface area contributed by atoms with Crippen LogP contribution in [-0.2, 0) is 14.3 Å². The molecule has 7 heteroatoms. The SMILES string of the molecule is C[C@H](c1ccccc1)[C@H](NC(=O)OC(C)(C)C)C(=O)N1C(=O)OC[C@@H]1c1ccccc1. The summed E-state index contributed by atoms with van der Waals surface area (Å²) in [6.45, 7) is 7.12. The second-order valence-electron chi connectivity index (χ2n) is 8.53. The molecule has 0 unspecified atom stereocenters. The van der Waals surface area contributed by atoms with Crippen molar-refractivity contribution in [3.8, 4) is 0 Å². The Balaban J connectivity index is 1.92. The zero-order valence-corrected chi connectivity index (χ0v) is 18.2. The van der Waals surface area contributed by atoms with E-state index >= 15 is 0 Å². The molecule has 1 saturated heterocycles. The minimum Gasteiger partial charge on any atom is -0.446 e. The van der Waals surface area contributed by atoms with Crippen molar-refractivity contribution in [2.75, 3.05) is 6.61 Å². The van der Waals surface area contributed by atoms with E-state index in [1.807, 2.05) is 67.6 Å². The van der Waals surface area contributed by atoms with Gasteiger partial charge in [0, 0.05) is 5.92 Å². The predicted molar refractivity (Wildman–Crippen MR) is 115 cm³/mol. The summed E-state index contributed by atoms with van der Waals surface area (Å²) >= 11 is 0. The largest absolute Gasteiger partial charge is 0.446 e. The van der Waals surface area contributed by atoms with Gasteiger partial charge in [0.25, 0.3) is 5.91 Å². The van der Waals surface area contributed by atoms with Gasteiger partial charge in [0.2, 0.25) is 0 Å². The Kier molecular flexibility index (Phi) is 6.63. The highest BCUT2D eigenvalue weighted by molar-refractivity contribution is 5.98. The Bertz CT molecular complexity index is 924. The molecule has 0 bridgehead atoms. The number of imide groups is 1. The lowest BCUT2D eigenvalue weighted by atomic mass is 9.92. The number of alkyl carbamates (subject to hydrolysis) is 1. The molecular weight excluding hydrogens is 396 g/mol. The number of rotatable bonds is 5. The fraction of sp³-hybridized carbons (Fsp3) is 0.375. The van der Waals surface area contributed by atoms with Crippen LogP contribution in [0.4, 0.5) is 9.59 Å². The van der Waals surface area contributed by atoms with E-state index in [-0.39, 0.29) is 6.61 Å². The summed E-state index contributed by atoms with van der Waals surface area (Å²) in [6, 6.07) is 17.0. The summed E-state index contributed by atoms with van der Waals surface area (Å²) in [7, 11) is 0. The molecule has 3 atom stereocenters. The number of hydrogen-bond donors (Lipinski definition) is 1. The van der Waals surface area contributed by atoms with E-state index < -0.39 is 41.7 Å². The minimum absolute atomic E-state index is 0.0630. The van der Waals surface area contributed by atoms with Gasteiger partial charge < -0.3 is 14.8 Å². The molecular formula is C24H28N2O5. The lowest BCUT2D eigenvalue weighted by molar-refractivity contribution is -0.132. The van der Waals surface area contributed by atoms with E-state index in [1.54, 1.807) is 20.8 Å². The Morgan fingerprint density at radius 2 is 1.65 bits per heavy atom. The Labute approximate surface area is 182 Å². The number of hydrogen-bond acceptors (Lipinski definition) is 5. The lowest BCUT2D eigenvalue weighted by Crippen LogP contribution is -2.52. The van der Waals surface area contributed by atoms with E-state index in [0.29, 0.717) is 0 Å². The molecule has 1 aliphatic rings. The summed E-state index contributed by atoms with van der Waals surface area (Å²) in [6.07, 6.45) is -1.45. The molecule has 0 saturated carbocycles. The first-order chi connectivity index (χ1) is 14.7. The molecule has 1 heterocycles. The molecule has 3 rings (SSSR count). The first-order valence-corrected chi connectivity index (χ1v) is 10.3. The maximum absolute atomic E-state index is 13.6. The smallest absolute Gasteiger partial charge is 0.417 e. The number of nitrogens with zero attached hydrogens (tertiary/aromatic N) is 1. The van der Waals surface area contributed by atoms with Gasteiger partial charge >= 0.3 is 12.2 Å². The van der Waals surface area contributed by atoms with Crippen LogP contribution in [0.1, 0.15) is 50.8 Å². The normalized spacial score (nSPS) is 18.1. The molecule has 2 aromatic rings. The lowest BCUT2D eigenvalue weighted by Gasteiger charge is -2.30. The third-order valence-corrected chi connectivity index (χ3v) is 5.06. The number of cyclic esters (lactones) is 1. The van der Waals surface area contributed by atoms with Crippen LogP contribution in [0, 0.1) is 0 Å². The van der Waals surface area contributed by atoms with Crippen molar-refractivity contribution in [2.24, 2.45) is 0 Å². The van der Waals surface area contributed by atoms with Crippen molar-refractivity contribution >= 4 is 18.1 Å². The maximum atomic E-state index is 13.6. The highest BCUT2D eigenvalue weighted by Crippen LogP contribution is 2.31. The second-order valence-corrected chi connectivity index (χ2v) is 8.53. The van der Waals surface area contributed by atoms with Crippen molar-refractivity contribution in [3.63, 3.8) is 0 Å². The second kappa shape index (κ2) is 9.20. The van der Waals surface area contributed by atoms with Crippen LogP contribution >= 0.6 is 0 Å². The number of carbonyl (C=O) groups is 3. The van der Waals surface area contributed by atoms with E-state index in [2.05, 4.69) is 5.32 Å². The van der Waals surface area contributed by atoms with E-state index in [1.165, 1.54) is 0 Å². The summed E-state index contributed by atoms with van der Waals surface area (Å²) in [4.78, 5) is 39.8. The minimum atomic E-state index is -1.02. The van der Waals surface area contributed by atoms with Crippen LogP contribution in [0.3, 0.4) is 0 Å². The molecule has 0 aromatic heterocycles. The predicted octanol–water partition coefficient (Wildman–Crippen LogP) is 4.40. The quantitative estimate of drug-likeness (QED) is 0.769. The zero-order valence-electron chi connectivity index (χ0n) is 18.2. The summed E-state index contributed by atoms with van der Waals surface area (Å²) in [5.41, 5.74) is 0.901. The number of benzene rings is 2. The van der Waals surface area contributed by atoms with Crippen molar-refractivity contribution in [2.45, 2.75) is 51.3 Å². The fourth-order valence-electron chi connectivity index (χ4n) is 3.52. The van der Waals surface area contributed by atoms with E-state index in [0.717, 1.165) is 16.0 Å². The standard InChI is InChI=1S/C24H28N2O5/c1-16(17-11-7-5-8-12-17)20(25-22(28)31-24(2,3)4)21(27)26-19(15-30-23(26)29)18-13-9-6-10-14-18/h5-14,16,19-20H,15H2,1-4H3,(H,25,28)/t16-,19-,20+/m1/s1. The van der Waals surface area contributed by atoms with Gasteiger partial charge in [-0.15, -0.1) is 0 Å². The molecule has 3 amide bonds. The first kappa shape index (κ1) is 22.3. The molecule has 0 radical (unpaired) electrons. The van der Waals surface area contributed by atoms with Gasteiger partial charge in [0.1, 0.15) is 24.3 Å². The van der Waals surface area contributed by atoms with Gasteiger partial charge in [-0.3, -0.25) is 4.79 Å². The Morgan fingerprint density at radius 1 is 1.06 bits per heavy atom. The molecule has 1 aliphatic heterocycles. The number of ether oxygens (including phenoxy) is 2. The fourth-order valence-corrected chi connectivity index (χ4v) is 3.52. The molecule has 2 aromatic carbocycles. The van der Waals surface area contributed by atoms with Crippen LogP contribution in [0.25, 0.3) is 0 Å². The summed E-state index contributed by atoms with van der Waals surface area (Å²) < 4.78 is 10.6. The zero-order chi connectivity index (χ0) is 22.6. The average Bonchev–Trinajstić information content (AvgIpc) is 3.12. The number of nitrogens with one attached hydrogen (secondary N) is 1. The van der Waals surface area contributed by atoms with Gasteiger partial charge in [-0.25, -0.2) is 14.5 Å². The van der Waals surface area contributed by atoms with Crippen molar-refractivity contribution in [3.05, 3.63) is 71.8 Å². The molecule has 0 spiro atoms. The van der Waals surface area contributed by atoms with Gasteiger partial charge in [0.15, 0.2) is 0 Å². The maximum Gasteiger partial charge on any atom is 0.417 e. The summed E-state index contributed by atoms with van der Waals surface area (Å²) in [5.74, 6) is -0.954. The Hall–Kier alpha value is -3.35. The van der Waals surface area contributed by atoms with Crippen LogP contribution in [0.15, 0.2) is 60.7 Å². The van der Waals surface area contributed by atoms with Crippen molar-refractivity contribution in [1.82, 2.24) is 10.2 Å². The molecule has 31 heavy (non-hydrogen) atoms. The van der Waals surface area contributed by atoms with Crippen LogP contribution in [-0.4, -0.2) is 41.2 Å². The molecule has 0 aliphatic carbocycles. The highest BCUT2D eigenvalue weighted by Gasteiger charge is 2.44. The van der Waals surface area contributed by atoms with Crippen LogP contribution in [0.5, 0.6) is 0 Å². The average molecular weight is 424 g/mol.